The molecule has 1 aliphatic carbocycles. The minimum absolute atomic E-state index is 0.206. The van der Waals surface area contributed by atoms with Crippen molar-refractivity contribution in [3.8, 4) is 0 Å². The van der Waals surface area contributed by atoms with E-state index < -0.39 is 0 Å². The van der Waals surface area contributed by atoms with Gasteiger partial charge in [0.2, 0.25) is 5.91 Å². The molecule has 0 saturated heterocycles. The van der Waals surface area contributed by atoms with Gasteiger partial charge in [-0.2, -0.15) is 0 Å². The Balaban J connectivity index is 2.02. The summed E-state index contributed by atoms with van der Waals surface area (Å²) in [5, 5.41) is 6.42. The van der Waals surface area contributed by atoms with Crippen LogP contribution in [0.3, 0.4) is 0 Å². The van der Waals surface area contributed by atoms with E-state index in [1.54, 1.807) is 0 Å². The lowest BCUT2D eigenvalue weighted by atomic mass is 10.2. The first kappa shape index (κ1) is 12.5. The van der Waals surface area contributed by atoms with Gasteiger partial charge in [-0.1, -0.05) is 19.8 Å². The average molecular weight is 212 g/mol. The Morgan fingerprint density at radius 3 is 2.67 bits per heavy atom. The van der Waals surface area contributed by atoms with E-state index in [-0.39, 0.29) is 5.91 Å². The molecule has 0 aromatic rings. The van der Waals surface area contributed by atoms with Crippen molar-refractivity contribution in [3.63, 3.8) is 0 Å². The SMILES string of the molecule is CCC(C)NCCC(=O)NC1CCCC1. The Bertz CT molecular complexity index is 188. The highest BCUT2D eigenvalue weighted by Crippen LogP contribution is 2.17. The largest absolute Gasteiger partial charge is 0.353 e. The maximum atomic E-state index is 11.5. The molecule has 88 valence electrons. The second kappa shape index (κ2) is 6.83. The summed E-state index contributed by atoms with van der Waals surface area (Å²) in [5.41, 5.74) is 0. The first-order valence-electron chi connectivity index (χ1n) is 6.25. The van der Waals surface area contributed by atoms with Crippen molar-refractivity contribution in [3.05, 3.63) is 0 Å². The minimum Gasteiger partial charge on any atom is -0.353 e. The molecule has 1 atom stereocenters. The van der Waals surface area contributed by atoms with Crippen LogP contribution in [0, 0.1) is 0 Å². The van der Waals surface area contributed by atoms with Crippen LogP contribution in [0.4, 0.5) is 0 Å². The molecule has 0 bridgehead atoms. The lowest BCUT2D eigenvalue weighted by Crippen LogP contribution is -2.36. The van der Waals surface area contributed by atoms with Crippen molar-refractivity contribution in [2.75, 3.05) is 6.54 Å². The Hall–Kier alpha value is -0.570. The molecule has 0 heterocycles. The molecule has 1 unspecified atom stereocenters. The molecular formula is C12H24N2O. The standard InChI is InChI=1S/C12H24N2O/c1-3-10(2)13-9-8-12(15)14-11-6-4-5-7-11/h10-11,13H,3-9H2,1-2H3,(H,14,15). The van der Waals surface area contributed by atoms with Gasteiger partial charge < -0.3 is 10.6 Å². The summed E-state index contributed by atoms with van der Waals surface area (Å²) >= 11 is 0. The second-order valence-electron chi connectivity index (χ2n) is 4.56. The van der Waals surface area contributed by atoms with E-state index >= 15 is 0 Å². The zero-order valence-electron chi connectivity index (χ0n) is 10.0. The van der Waals surface area contributed by atoms with Crippen LogP contribution < -0.4 is 10.6 Å². The van der Waals surface area contributed by atoms with Gasteiger partial charge in [0.25, 0.3) is 0 Å². The minimum atomic E-state index is 0.206. The first-order chi connectivity index (χ1) is 7.22. The summed E-state index contributed by atoms with van der Waals surface area (Å²) in [6.07, 6.45) is 6.62. The van der Waals surface area contributed by atoms with Crippen molar-refractivity contribution in [2.45, 2.75) is 64.5 Å². The van der Waals surface area contributed by atoms with Gasteiger partial charge in [-0.15, -0.1) is 0 Å². The van der Waals surface area contributed by atoms with Gasteiger partial charge in [0.05, 0.1) is 0 Å². The van der Waals surface area contributed by atoms with E-state index in [1.165, 1.54) is 25.7 Å². The van der Waals surface area contributed by atoms with Crippen LogP contribution in [0.25, 0.3) is 0 Å². The van der Waals surface area contributed by atoms with Crippen molar-refractivity contribution in [2.24, 2.45) is 0 Å². The van der Waals surface area contributed by atoms with Crippen LogP contribution in [0.2, 0.25) is 0 Å². The fraction of sp³-hybridized carbons (Fsp3) is 0.917. The number of carbonyl (C=O) groups is 1. The van der Waals surface area contributed by atoms with Crippen LogP contribution in [0.1, 0.15) is 52.4 Å². The van der Waals surface area contributed by atoms with Crippen molar-refractivity contribution < 1.29 is 4.79 Å². The first-order valence-corrected chi connectivity index (χ1v) is 6.25. The second-order valence-corrected chi connectivity index (χ2v) is 4.56. The van der Waals surface area contributed by atoms with Gasteiger partial charge in [-0.3, -0.25) is 4.79 Å². The van der Waals surface area contributed by atoms with Gasteiger partial charge in [0.1, 0.15) is 0 Å². The number of hydrogen-bond acceptors (Lipinski definition) is 2. The van der Waals surface area contributed by atoms with Crippen LogP contribution in [0.15, 0.2) is 0 Å². The maximum absolute atomic E-state index is 11.5. The molecule has 3 nitrogen and oxygen atoms in total. The van der Waals surface area contributed by atoms with Crippen LogP contribution in [0.5, 0.6) is 0 Å². The quantitative estimate of drug-likeness (QED) is 0.705. The number of rotatable bonds is 6. The highest BCUT2D eigenvalue weighted by atomic mass is 16.1. The predicted octanol–water partition coefficient (Wildman–Crippen LogP) is 1.82. The number of hydrogen-bond donors (Lipinski definition) is 2. The Labute approximate surface area is 93.0 Å². The molecule has 15 heavy (non-hydrogen) atoms. The van der Waals surface area contributed by atoms with Gasteiger partial charge in [-0.05, 0) is 26.2 Å². The normalized spacial score (nSPS) is 19.1. The number of carbonyl (C=O) groups excluding carboxylic acids is 1. The van der Waals surface area contributed by atoms with Crippen LogP contribution in [-0.4, -0.2) is 24.5 Å². The molecule has 1 fully saturated rings. The van der Waals surface area contributed by atoms with Gasteiger partial charge in [0.15, 0.2) is 0 Å². The van der Waals surface area contributed by atoms with E-state index in [9.17, 15) is 4.79 Å². The number of nitrogens with one attached hydrogen (secondary N) is 2. The molecular weight excluding hydrogens is 188 g/mol. The molecule has 0 aromatic carbocycles. The summed E-state index contributed by atoms with van der Waals surface area (Å²) < 4.78 is 0. The summed E-state index contributed by atoms with van der Waals surface area (Å²) in [6.45, 7) is 5.10. The summed E-state index contributed by atoms with van der Waals surface area (Å²) in [5.74, 6) is 0.206. The molecule has 2 N–H and O–H groups in total. The van der Waals surface area contributed by atoms with Crippen molar-refractivity contribution >= 4 is 5.91 Å². The lowest BCUT2D eigenvalue weighted by molar-refractivity contribution is -0.121. The predicted molar refractivity (Wildman–Crippen MR) is 62.8 cm³/mol. The maximum Gasteiger partial charge on any atom is 0.221 e. The van der Waals surface area contributed by atoms with Gasteiger partial charge in [-0.25, -0.2) is 0 Å². The third-order valence-corrected chi connectivity index (χ3v) is 3.18. The smallest absolute Gasteiger partial charge is 0.221 e. The summed E-state index contributed by atoms with van der Waals surface area (Å²) in [4.78, 5) is 11.5. The topological polar surface area (TPSA) is 41.1 Å². The molecule has 1 amide bonds. The van der Waals surface area contributed by atoms with Crippen molar-refractivity contribution in [1.82, 2.24) is 10.6 Å². The Morgan fingerprint density at radius 2 is 2.07 bits per heavy atom. The molecule has 0 radical (unpaired) electrons. The van der Waals surface area contributed by atoms with E-state index in [2.05, 4.69) is 24.5 Å². The fourth-order valence-electron chi connectivity index (χ4n) is 1.95. The third kappa shape index (κ3) is 5.17. The molecule has 1 rings (SSSR count). The lowest BCUT2D eigenvalue weighted by Gasteiger charge is -2.13. The summed E-state index contributed by atoms with van der Waals surface area (Å²) in [7, 11) is 0. The molecule has 3 heteroatoms. The molecule has 1 saturated carbocycles. The molecule has 0 aliphatic heterocycles. The van der Waals surface area contributed by atoms with E-state index in [4.69, 9.17) is 0 Å². The van der Waals surface area contributed by atoms with Gasteiger partial charge in [0, 0.05) is 25.0 Å². The van der Waals surface area contributed by atoms with Gasteiger partial charge >= 0.3 is 0 Å². The molecule has 0 aromatic heterocycles. The average Bonchev–Trinajstić information content (AvgIpc) is 2.70. The molecule has 0 spiro atoms. The fourth-order valence-corrected chi connectivity index (χ4v) is 1.95. The monoisotopic (exact) mass is 212 g/mol. The van der Waals surface area contributed by atoms with Crippen molar-refractivity contribution in [1.29, 1.82) is 0 Å². The molecule has 1 aliphatic rings. The summed E-state index contributed by atoms with van der Waals surface area (Å²) in [6, 6.07) is 0.977. The van der Waals surface area contributed by atoms with E-state index in [0.29, 0.717) is 18.5 Å². The van der Waals surface area contributed by atoms with Crippen LogP contribution >= 0.6 is 0 Å². The van der Waals surface area contributed by atoms with Crippen LogP contribution in [-0.2, 0) is 4.79 Å². The Morgan fingerprint density at radius 1 is 1.40 bits per heavy atom. The number of amides is 1. The highest BCUT2D eigenvalue weighted by molar-refractivity contribution is 5.76. The zero-order valence-corrected chi connectivity index (χ0v) is 10.0. The van der Waals surface area contributed by atoms with E-state index in [0.717, 1.165) is 13.0 Å². The third-order valence-electron chi connectivity index (χ3n) is 3.18. The van der Waals surface area contributed by atoms with E-state index in [1.807, 2.05) is 0 Å². The highest BCUT2D eigenvalue weighted by Gasteiger charge is 2.16. The zero-order chi connectivity index (χ0) is 11.1. The Kier molecular flexibility index (Phi) is 5.69.